The number of carbonyl (C=O) groups is 1. The zero-order chi connectivity index (χ0) is 18.7. The van der Waals surface area contributed by atoms with Crippen LogP contribution in [0.5, 0.6) is 0 Å². The summed E-state index contributed by atoms with van der Waals surface area (Å²) in [6, 6.07) is 3.16. The molecule has 0 N–H and O–H groups in total. The van der Waals surface area contributed by atoms with Gasteiger partial charge >= 0.3 is 0 Å². The fourth-order valence-corrected chi connectivity index (χ4v) is 4.27. The largest absolute Gasteiger partial charge is 0.334 e. The zero-order valence-electron chi connectivity index (χ0n) is 15.3. The van der Waals surface area contributed by atoms with Crippen molar-refractivity contribution in [1.82, 2.24) is 24.5 Å². The first-order valence-electron chi connectivity index (χ1n) is 9.22. The normalized spacial score (nSPS) is 20.9. The molecule has 0 aromatic carbocycles. The number of aryl methyl sites for hydroxylation is 1. The van der Waals surface area contributed by atoms with Crippen molar-refractivity contribution < 1.29 is 9.18 Å². The number of fused-ring (bicyclic) bond motifs is 3. The Morgan fingerprint density at radius 2 is 2.04 bits per heavy atom. The highest BCUT2D eigenvalue weighted by Crippen LogP contribution is 2.49. The van der Waals surface area contributed by atoms with E-state index in [0.29, 0.717) is 31.3 Å². The number of hydrogen-bond donors (Lipinski definition) is 0. The molecule has 0 radical (unpaired) electrons. The highest BCUT2D eigenvalue weighted by molar-refractivity contribution is 5.78. The summed E-state index contributed by atoms with van der Waals surface area (Å²) in [7, 11) is 0. The van der Waals surface area contributed by atoms with Crippen LogP contribution in [0.3, 0.4) is 0 Å². The van der Waals surface area contributed by atoms with E-state index in [0.717, 1.165) is 28.9 Å². The third-order valence-corrected chi connectivity index (χ3v) is 6.08. The molecule has 1 amide bonds. The lowest BCUT2D eigenvalue weighted by Crippen LogP contribution is -2.25. The highest BCUT2D eigenvalue weighted by atomic mass is 19.1. The fraction of sp³-hybridized carbons (Fsp3) is 0.400. The molecule has 4 heterocycles. The fourth-order valence-electron chi connectivity index (χ4n) is 4.27. The van der Waals surface area contributed by atoms with Crippen LogP contribution >= 0.6 is 0 Å². The topological polar surface area (TPSA) is 63.4 Å². The molecule has 6 nitrogen and oxygen atoms in total. The Kier molecular flexibility index (Phi) is 3.54. The molecule has 3 aromatic rings. The molecule has 7 heteroatoms. The van der Waals surface area contributed by atoms with E-state index in [9.17, 15) is 9.18 Å². The zero-order valence-corrected chi connectivity index (χ0v) is 15.3. The number of pyridine rings is 2. The molecule has 0 saturated heterocycles. The Morgan fingerprint density at radius 3 is 2.81 bits per heavy atom. The summed E-state index contributed by atoms with van der Waals surface area (Å²) in [5, 5.41) is 4.30. The minimum atomic E-state index is -0.465. The predicted octanol–water partition coefficient (Wildman–Crippen LogP) is 2.92. The molecule has 0 unspecified atom stereocenters. The van der Waals surface area contributed by atoms with Gasteiger partial charge in [0.15, 0.2) is 5.65 Å². The van der Waals surface area contributed by atoms with E-state index in [-0.39, 0.29) is 5.91 Å². The first-order valence-corrected chi connectivity index (χ1v) is 9.22. The van der Waals surface area contributed by atoms with Crippen molar-refractivity contribution in [3.05, 3.63) is 58.6 Å². The van der Waals surface area contributed by atoms with Crippen molar-refractivity contribution in [3.8, 4) is 0 Å². The Hall–Kier alpha value is -2.83. The molecule has 1 aliphatic heterocycles. The molecule has 1 saturated carbocycles. The summed E-state index contributed by atoms with van der Waals surface area (Å²) in [5.41, 5.74) is 6.44. The minimum absolute atomic E-state index is 0.170. The van der Waals surface area contributed by atoms with E-state index in [1.54, 1.807) is 18.6 Å². The third-order valence-electron chi connectivity index (χ3n) is 6.08. The van der Waals surface area contributed by atoms with Crippen LogP contribution < -0.4 is 0 Å². The number of rotatable bonds is 3. The first kappa shape index (κ1) is 16.4. The highest BCUT2D eigenvalue weighted by Gasteiger charge is 2.41. The number of amides is 1. The van der Waals surface area contributed by atoms with E-state index in [1.807, 2.05) is 16.3 Å². The second-order valence-electron chi connectivity index (χ2n) is 7.63. The maximum Gasteiger partial charge on any atom is 0.223 e. The van der Waals surface area contributed by atoms with Gasteiger partial charge in [-0.1, -0.05) is 6.07 Å². The van der Waals surface area contributed by atoms with Gasteiger partial charge in [-0.3, -0.25) is 4.79 Å². The van der Waals surface area contributed by atoms with Gasteiger partial charge in [-0.25, -0.2) is 14.5 Å². The van der Waals surface area contributed by atoms with E-state index in [4.69, 9.17) is 0 Å². The van der Waals surface area contributed by atoms with Gasteiger partial charge in [0, 0.05) is 30.4 Å². The van der Waals surface area contributed by atoms with Gasteiger partial charge in [-0.2, -0.15) is 9.49 Å². The van der Waals surface area contributed by atoms with Crippen LogP contribution in [0.2, 0.25) is 0 Å². The summed E-state index contributed by atoms with van der Waals surface area (Å²) in [6.45, 7) is 5.35. The standard InChI is InChI=1S/C20H20FN5O/c1-11-12(2)26-20(23-10-24-26)17-9-25(8-16(11)17)19(27)6-14-5-15(14)13-3-4-18(21)22-7-13/h3-4,7,10,14-15H,5-6,8-9H2,1-2H3/t14-,15-/m0/s1. The smallest absolute Gasteiger partial charge is 0.223 e. The summed E-state index contributed by atoms with van der Waals surface area (Å²) in [5.74, 6) is 0.347. The number of carbonyl (C=O) groups excluding carboxylic acids is 1. The molecule has 138 valence electrons. The van der Waals surface area contributed by atoms with Gasteiger partial charge in [0.25, 0.3) is 0 Å². The van der Waals surface area contributed by atoms with E-state index >= 15 is 0 Å². The quantitative estimate of drug-likeness (QED) is 0.670. The van der Waals surface area contributed by atoms with Crippen molar-refractivity contribution in [2.45, 2.75) is 45.7 Å². The molecule has 0 spiro atoms. The predicted molar refractivity (Wildman–Crippen MR) is 96.4 cm³/mol. The average molecular weight is 365 g/mol. The lowest BCUT2D eigenvalue weighted by molar-refractivity contribution is -0.132. The van der Waals surface area contributed by atoms with E-state index in [2.05, 4.69) is 22.0 Å². The lowest BCUT2D eigenvalue weighted by Gasteiger charge is -2.15. The van der Waals surface area contributed by atoms with Crippen molar-refractivity contribution in [3.63, 3.8) is 0 Å². The molecule has 27 heavy (non-hydrogen) atoms. The molecular formula is C20H20FN5O. The first-order chi connectivity index (χ1) is 13.0. The second-order valence-corrected chi connectivity index (χ2v) is 7.63. The Balaban J connectivity index is 1.31. The van der Waals surface area contributed by atoms with Crippen LogP contribution in [0.4, 0.5) is 4.39 Å². The maximum absolute atomic E-state index is 13.0. The molecule has 2 atom stereocenters. The minimum Gasteiger partial charge on any atom is -0.334 e. The molecule has 1 aliphatic carbocycles. The summed E-state index contributed by atoms with van der Waals surface area (Å²) in [6.07, 6.45) is 4.64. The van der Waals surface area contributed by atoms with Crippen LogP contribution in [0.25, 0.3) is 5.65 Å². The van der Waals surface area contributed by atoms with Gasteiger partial charge in [0.05, 0.1) is 6.54 Å². The van der Waals surface area contributed by atoms with Crippen LogP contribution in [0, 0.1) is 25.7 Å². The molecule has 5 rings (SSSR count). The summed E-state index contributed by atoms with van der Waals surface area (Å²) >= 11 is 0. The average Bonchev–Trinajstić information content (AvgIpc) is 3.08. The van der Waals surface area contributed by atoms with Gasteiger partial charge in [0.2, 0.25) is 11.9 Å². The monoisotopic (exact) mass is 365 g/mol. The van der Waals surface area contributed by atoms with Gasteiger partial charge in [0.1, 0.15) is 6.33 Å². The van der Waals surface area contributed by atoms with Crippen molar-refractivity contribution >= 4 is 11.6 Å². The number of hydrogen-bond acceptors (Lipinski definition) is 4. The summed E-state index contributed by atoms with van der Waals surface area (Å²) < 4.78 is 14.8. The number of nitrogens with zero attached hydrogens (tertiary/aromatic N) is 5. The molecule has 3 aromatic heterocycles. The Labute approximate surface area is 156 Å². The van der Waals surface area contributed by atoms with E-state index in [1.165, 1.54) is 17.2 Å². The second kappa shape index (κ2) is 5.84. The third kappa shape index (κ3) is 2.60. The molecular weight excluding hydrogens is 345 g/mol. The molecule has 2 aliphatic rings. The Bertz CT molecular complexity index is 1060. The number of aromatic nitrogens is 4. The van der Waals surface area contributed by atoms with Crippen LogP contribution in [-0.4, -0.2) is 30.4 Å². The summed E-state index contributed by atoms with van der Waals surface area (Å²) in [4.78, 5) is 22.9. The Morgan fingerprint density at radius 1 is 1.22 bits per heavy atom. The molecule has 0 bridgehead atoms. The van der Waals surface area contributed by atoms with E-state index < -0.39 is 5.95 Å². The van der Waals surface area contributed by atoms with Crippen molar-refractivity contribution in [2.75, 3.05) is 0 Å². The number of halogens is 1. The van der Waals surface area contributed by atoms with Crippen LogP contribution in [0.15, 0.2) is 24.7 Å². The van der Waals surface area contributed by atoms with Gasteiger partial charge < -0.3 is 4.90 Å². The lowest BCUT2D eigenvalue weighted by atomic mass is 10.0. The van der Waals surface area contributed by atoms with Gasteiger partial charge in [-0.15, -0.1) is 0 Å². The van der Waals surface area contributed by atoms with Crippen molar-refractivity contribution in [1.29, 1.82) is 0 Å². The van der Waals surface area contributed by atoms with Crippen LogP contribution in [-0.2, 0) is 17.9 Å². The molecule has 1 fully saturated rings. The van der Waals surface area contributed by atoms with Crippen LogP contribution in [0.1, 0.15) is 46.7 Å². The van der Waals surface area contributed by atoms with Gasteiger partial charge in [-0.05, 0) is 54.9 Å². The van der Waals surface area contributed by atoms with Crippen molar-refractivity contribution in [2.24, 2.45) is 5.92 Å². The maximum atomic E-state index is 13.0. The SMILES string of the molecule is Cc1c2c(c3ncnn3c1C)CN(C(=O)C[C@@H]1C[C@H]1c1ccc(F)nc1)C2.